The van der Waals surface area contributed by atoms with E-state index in [-0.39, 0.29) is 5.91 Å². The van der Waals surface area contributed by atoms with Crippen molar-refractivity contribution in [3.63, 3.8) is 0 Å². The average molecular weight is 277 g/mol. The van der Waals surface area contributed by atoms with Crippen molar-refractivity contribution < 1.29 is 4.79 Å². The summed E-state index contributed by atoms with van der Waals surface area (Å²) in [6.45, 7) is 8.34. The van der Waals surface area contributed by atoms with E-state index < -0.39 is 5.41 Å². The molecule has 2 heterocycles. The Hall–Kier alpha value is -1.85. The van der Waals surface area contributed by atoms with Crippen molar-refractivity contribution >= 4 is 17.5 Å². The van der Waals surface area contributed by atoms with Crippen LogP contribution in [0.25, 0.3) is 0 Å². The minimum Gasteiger partial charge on any atom is -0.370 e. The predicted molar refractivity (Wildman–Crippen MR) is 79.7 cm³/mol. The van der Waals surface area contributed by atoms with Crippen LogP contribution in [-0.2, 0) is 4.79 Å². The molecule has 1 amide bonds. The first-order valence-corrected chi connectivity index (χ1v) is 7.08. The van der Waals surface area contributed by atoms with E-state index in [1.54, 1.807) is 6.33 Å². The van der Waals surface area contributed by atoms with Crippen LogP contribution in [0.15, 0.2) is 6.33 Å². The van der Waals surface area contributed by atoms with Crippen LogP contribution in [0.5, 0.6) is 0 Å². The summed E-state index contributed by atoms with van der Waals surface area (Å²) in [5, 5.41) is 3.30. The largest absolute Gasteiger partial charge is 0.370 e. The highest BCUT2D eigenvalue weighted by atomic mass is 16.1. The number of rotatable bonds is 5. The Kier molecular flexibility index (Phi) is 4.11. The van der Waals surface area contributed by atoms with Crippen LogP contribution in [0, 0.1) is 12.3 Å². The normalized spacial score (nSPS) is 22.1. The molecule has 0 spiro atoms. The van der Waals surface area contributed by atoms with Gasteiger partial charge in [-0.05, 0) is 26.7 Å². The molecule has 1 saturated heterocycles. The molecule has 0 aromatic carbocycles. The number of anilines is 2. The fraction of sp³-hybridized carbons (Fsp3) is 0.643. The number of aromatic nitrogens is 2. The maximum absolute atomic E-state index is 11.5. The van der Waals surface area contributed by atoms with E-state index in [1.807, 2.05) is 13.8 Å². The molecular weight excluding hydrogens is 254 g/mol. The Balaban J connectivity index is 2.20. The van der Waals surface area contributed by atoms with E-state index >= 15 is 0 Å². The topological polar surface area (TPSA) is 84.1 Å². The van der Waals surface area contributed by atoms with E-state index in [1.165, 1.54) is 0 Å². The zero-order valence-corrected chi connectivity index (χ0v) is 12.4. The quantitative estimate of drug-likeness (QED) is 0.847. The summed E-state index contributed by atoms with van der Waals surface area (Å²) < 4.78 is 0. The summed E-state index contributed by atoms with van der Waals surface area (Å²) in [5.74, 6) is 1.52. The number of carbonyl (C=O) groups is 1. The minimum absolute atomic E-state index is 0.240. The van der Waals surface area contributed by atoms with Gasteiger partial charge in [0, 0.05) is 25.2 Å². The number of primary amides is 1. The van der Waals surface area contributed by atoms with Gasteiger partial charge in [-0.3, -0.25) is 4.79 Å². The molecule has 1 fully saturated rings. The van der Waals surface area contributed by atoms with Crippen molar-refractivity contribution in [2.75, 3.05) is 29.9 Å². The van der Waals surface area contributed by atoms with Gasteiger partial charge in [0.1, 0.15) is 18.0 Å². The zero-order valence-electron chi connectivity index (χ0n) is 12.4. The molecule has 0 aliphatic carbocycles. The van der Waals surface area contributed by atoms with Crippen LogP contribution >= 0.6 is 0 Å². The van der Waals surface area contributed by atoms with Gasteiger partial charge in [-0.1, -0.05) is 6.92 Å². The molecule has 2 rings (SSSR count). The summed E-state index contributed by atoms with van der Waals surface area (Å²) in [6, 6.07) is 0. The van der Waals surface area contributed by atoms with Gasteiger partial charge in [-0.15, -0.1) is 0 Å². The molecule has 1 aliphatic rings. The lowest BCUT2D eigenvalue weighted by atomic mass is 9.89. The van der Waals surface area contributed by atoms with Crippen LogP contribution in [0.1, 0.15) is 32.3 Å². The highest BCUT2D eigenvalue weighted by molar-refractivity contribution is 5.82. The Morgan fingerprint density at radius 2 is 2.30 bits per heavy atom. The molecule has 0 radical (unpaired) electrons. The van der Waals surface area contributed by atoms with Crippen molar-refractivity contribution in [2.45, 2.75) is 33.6 Å². The molecule has 3 N–H and O–H groups in total. The third-order valence-corrected chi connectivity index (χ3v) is 3.97. The lowest BCUT2D eigenvalue weighted by Crippen LogP contribution is -2.37. The third kappa shape index (κ3) is 2.69. The number of carbonyl (C=O) groups excluding carboxylic acids is 1. The molecular formula is C14H23N5O. The van der Waals surface area contributed by atoms with Crippen LogP contribution in [0.2, 0.25) is 0 Å². The minimum atomic E-state index is -0.464. The fourth-order valence-electron chi connectivity index (χ4n) is 2.52. The van der Waals surface area contributed by atoms with E-state index in [0.29, 0.717) is 6.54 Å². The number of amides is 1. The molecule has 1 unspecified atom stereocenters. The molecule has 6 heteroatoms. The summed E-state index contributed by atoms with van der Waals surface area (Å²) in [5.41, 5.74) is 6.05. The van der Waals surface area contributed by atoms with Crippen molar-refractivity contribution in [2.24, 2.45) is 11.1 Å². The second kappa shape index (κ2) is 5.64. The Morgan fingerprint density at radius 1 is 1.55 bits per heavy atom. The van der Waals surface area contributed by atoms with Crippen LogP contribution < -0.4 is 16.0 Å². The second-order valence-electron chi connectivity index (χ2n) is 5.69. The smallest absolute Gasteiger partial charge is 0.225 e. The molecule has 0 bridgehead atoms. The Labute approximate surface area is 119 Å². The van der Waals surface area contributed by atoms with Crippen molar-refractivity contribution in [1.29, 1.82) is 0 Å². The van der Waals surface area contributed by atoms with Gasteiger partial charge in [-0.25, -0.2) is 9.97 Å². The number of nitrogens with one attached hydrogen (secondary N) is 1. The first-order valence-electron chi connectivity index (χ1n) is 7.08. The summed E-state index contributed by atoms with van der Waals surface area (Å²) >= 11 is 0. The summed E-state index contributed by atoms with van der Waals surface area (Å²) in [7, 11) is 0. The second-order valence-corrected chi connectivity index (χ2v) is 5.69. The van der Waals surface area contributed by atoms with Crippen molar-refractivity contribution in [3.05, 3.63) is 11.9 Å². The average Bonchev–Trinajstić information content (AvgIpc) is 2.81. The molecule has 1 aliphatic heterocycles. The maximum Gasteiger partial charge on any atom is 0.225 e. The predicted octanol–water partition coefficient (Wildman–Crippen LogP) is 1.31. The third-order valence-electron chi connectivity index (χ3n) is 3.97. The number of hydrogen-bond donors (Lipinski definition) is 2. The molecule has 1 atom stereocenters. The summed E-state index contributed by atoms with van der Waals surface area (Å²) in [6.07, 6.45) is 3.38. The lowest BCUT2D eigenvalue weighted by Gasteiger charge is -2.23. The number of nitrogens with two attached hydrogens (primary N) is 1. The van der Waals surface area contributed by atoms with Gasteiger partial charge in [0.2, 0.25) is 5.91 Å². The molecule has 110 valence electrons. The van der Waals surface area contributed by atoms with Crippen molar-refractivity contribution in [1.82, 2.24) is 9.97 Å². The highest BCUT2D eigenvalue weighted by Crippen LogP contribution is 2.34. The molecule has 1 aromatic rings. The summed E-state index contributed by atoms with van der Waals surface area (Å²) in [4.78, 5) is 22.3. The van der Waals surface area contributed by atoms with E-state index in [0.717, 1.165) is 43.1 Å². The van der Waals surface area contributed by atoms with Gasteiger partial charge in [0.05, 0.1) is 5.41 Å². The van der Waals surface area contributed by atoms with Crippen molar-refractivity contribution in [3.8, 4) is 0 Å². The van der Waals surface area contributed by atoms with Crippen LogP contribution in [0.3, 0.4) is 0 Å². The van der Waals surface area contributed by atoms with Crippen LogP contribution in [-0.4, -0.2) is 35.5 Å². The Bertz CT molecular complexity index is 504. The van der Waals surface area contributed by atoms with E-state index in [9.17, 15) is 4.79 Å². The standard InChI is InChI=1S/C14H23N5O/c1-4-6-16-11-10(2)12(18-9-17-11)19-7-5-14(3,8-19)13(15)20/h9H,4-8H2,1-3H3,(H2,15,20)(H,16,17,18). The zero-order chi connectivity index (χ0) is 14.8. The van der Waals surface area contributed by atoms with Crippen LogP contribution in [0.4, 0.5) is 11.6 Å². The van der Waals surface area contributed by atoms with Gasteiger partial charge in [0.25, 0.3) is 0 Å². The molecule has 1 aromatic heterocycles. The molecule has 0 saturated carbocycles. The SMILES string of the molecule is CCCNc1ncnc(N2CCC(C)(C(N)=O)C2)c1C. The van der Waals surface area contributed by atoms with Gasteiger partial charge in [-0.2, -0.15) is 0 Å². The van der Waals surface area contributed by atoms with E-state index in [4.69, 9.17) is 5.73 Å². The fourth-order valence-corrected chi connectivity index (χ4v) is 2.52. The molecule has 6 nitrogen and oxygen atoms in total. The first kappa shape index (κ1) is 14.6. The Morgan fingerprint density at radius 3 is 2.90 bits per heavy atom. The monoisotopic (exact) mass is 277 g/mol. The van der Waals surface area contributed by atoms with E-state index in [2.05, 4.69) is 27.1 Å². The first-order chi connectivity index (χ1) is 9.48. The molecule has 20 heavy (non-hydrogen) atoms. The maximum atomic E-state index is 11.5. The lowest BCUT2D eigenvalue weighted by molar-refractivity contribution is -0.125. The number of nitrogens with zero attached hydrogens (tertiary/aromatic N) is 3. The number of hydrogen-bond acceptors (Lipinski definition) is 5. The van der Waals surface area contributed by atoms with Gasteiger partial charge >= 0.3 is 0 Å². The van der Waals surface area contributed by atoms with Gasteiger partial charge in [0.15, 0.2) is 0 Å². The van der Waals surface area contributed by atoms with Gasteiger partial charge < -0.3 is 16.0 Å². The highest BCUT2D eigenvalue weighted by Gasteiger charge is 2.39.